The SMILES string of the molecule is C#CCOc1c(Cl)cc(C=NNC(=O)Nc2ccccc2C)cc1OC. The molecule has 0 spiro atoms. The van der Waals surface area contributed by atoms with Gasteiger partial charge in [-0.2, -0.15) is 5.10 Å². The quantitative estimate of drug-likeness (QED) is 0.460. The van der Waals surface area contributed by atoms with Gasteiger partial charge in [-0.15, -0.1) is 6.42 Å². The molecule has 6 nitrogen and oxygen atoms in total. The molecule has 0 unspecified atom stereocenters. The van der Waals surface area contributed by atoms with Gasteiger partial charge in [0.1, 0.15) is 6.61 Å². The van der Waals surface area contributed by atoms with Gasteiger partial charge in [0.25, 0.3) is 0 Å². The number of para-hydroxylation sites is 1. The number of anilines is 1. The maximum atomic E-state index is 11.9. The van der Waals surface area contributed by atoms with Crippen molar-refractivity contribution in [3.63, 3.8) is 0 Å². The van der Waals surface area contributed by atoms with Gasteiger partial charge < -0.3 is 14.8 Å². The Morgan fingerprint density at radius 1 is 1.38 bits per heavy atom. The molecule has 0 aliphatic rings. The van der Waals surface area contributed by atoms with Crippen LogP contribution in [0.2, 0.25) is 5.02 Å². The van der Waals surface area contributed by atoms with E-state index in [2.05, 4.69) is 21.8 Å². The number of benzene rings is 2. The van der Waals surface area contributed by atoms with E-state index in [9.17, 15) is 4.79 Å². The summed E-state index contributed by atoms with van der Waals surface area (Å²) in [5.74, 6) is 3.13. The highest BCUT2D eigenvalue weighted by Gasteiger charge is 2.11. The van der Waals surface area contributed by atoms with Crippen molar-refractivity contribution >= 4 is 29.5 Å². The highest BCUT2D eigenvalue weighted by atomic mass is 35.5. The van der Waals surface area contributed by atoms with Crippen molar-refractivity contribution in [3.05, 3.63) is 52.5 Å². The van der Waals surface area contributed by atoms with E-state index in [0.29, 0.717) is 27.8 Å². The number of ether oxygens (including phenoxy) is 2. The van der Waals surface area contributed by atoms with E-state index in [1.165, 1.54) is 13.3 Å². The van der Waals surface area contributed by atoms with Crippen molar-refractivity contribution in [1.82, 2.24) is 5.43 Å². The fourth-order valence-corrected chi connectivity index (χ4v) is 2.37. The molecule has 2 amide bonds. The van der Waals surface area contributed by atoms with Crippen molar-refractivity contribution in [3.8, 4) is 23.8 Å². The molecule has 0 saturated carbocycles. The smallest absolute Gasteiger partial charge is 0.339 e. The summed E-state index contributed by atoms with van der Waals surface area (Å²) in [4.78, 5) is 11.9. The first-order chi connectivity index (χ1) is 12.5. The Morgan fingerprint density at radius 2 is 2.15 bits per heavy atom. The van der Waals surface area contributed by atoms with Crippen molar-refractivity contribution in [2.24, 2.45) is 5.10 Å². The van der Waals surface area contributed by atoms with Gasteiger partial charge in [-0.1, -0.05) is 35.7 Å². The maximum absolute atomic E-state index is 11.9. The Morgan fingerprint density at radius 3 is 2.85 bits per heavy atom. The second-order valence-electron chi connectivity index (χ2n) is 5.17. The standard InChI is InChI=1S/C19H18ClN3O3/c1-4-9-26-18-15(20)10-14(11-17(18)25-3)12-21-23-19(24)22-16-8-6-5-7-13(16)2/h1,5-8,10-12H,9H2,2-3H3,(H2,22,23,24). The summed E-state index contributed by atoms with van der Waals surface area (Å²) in [5.41, 5.74) is 4.67. The molecule has 26 heavy (non-hydrogen) atoms. The lowest BCUT2D eigenvalue weighted by atomic mass is 10.2. The molecule has 2 aromatic rings. The van der Waals surface area contributed by atoms with E-state index in [1.807, 2.05) is 25.1 Å². The van der Waals surface area contributed by atoms with Gasteiger partial charge in [0.2, 0.25) is 0 Å². The highest BCUT2D eigenvalue weighted by molar-refractivity contribution is 6.32. The van der Waals surface area contributed by atoms with Gasteiger partial charge >= 0.3 is 6.03 Å². The molecular formula is C19H18ClN3O3. The summed E-state index contributed by atoms with van der Waals surface area (Å²) in [6.07, 6.45) is 6.62. The molecule has 0 bridgehead atoms. The van der Waals surface area contributed by atoms with Crippen LogP contribution in [0.3, 0.4) is 0 Å². The first-order valence-electron chi connectivity index (χ1n) is 7.64. The van der Waals surface area contributed by atoms with E-state index in [-0.39, 0.29) is 6.61 Å². The van der Waals surface area contributed by atoms with Crippen LogP contribution < -0.4 is 20.2 Å². The number of terminal acetylenes is 1. The first kappa shape index (κ1) is 19.2. The number of hydrazone groups is 1. The third-order valence-electron chi connectivity index (χ3n) is 3.32. The number of hydrogen-bond acceptors (Lipinski definition) is 4. The zero-order chi connectivity index (χ0) is 18.9. The second kappa shape index (κ2) is 9.35. The third-order valence-corrected chi connectivity index (χ3v) is 3.61. The lowest BCUT2D eigenvalue weighted by Gasteiger charge is -2.11. The lowest BCUT2D eigenvalue weighted by Crippen LogP contribution is -2.24. The molecule has 0 fully saturated rings. The van der Waals surface area contributed by atoms with E-state index < -0.39 is 6.03 Å². The first-order valence-corrected chi connectivity index (χ1v) is 8.02. The van der Waals surface area contributed by atoms with Crippen LogP contribution in [-0.4, -0.2) is 26.0 Å². The Hall–Kier alpha value is -3.17. The Balaban J connectivity index is 2.03. The summed E-state index contributed by atoms with van der Waals surface area (Å²) < 4.78 is 10.6. The van der Waals surface area contributed by atoms with E-state index in [4.69, 9.17) is 27.5 Å². The number of rotatable bonds is 6. The average molecular weight is 372 g/mol. The molecule has 0 aliphatic heterocycles. The van der Waals surface area contributed by atoms with Crippen LogP contribution in [0.4, 0.5) is 10.5 Å². The van der Waals surface area contributed by atoms with Crippen molar-refractivity contribution in [2.75, 3.05) is 19.0 Å². The van der Waals surface area contributed by atoms with Crippen molar-refractivity contribution in [2.45, 2.75) is 6.92 Å². The largest absolute Gasteiger partial charge is 0.493 e. The van der Waals surface area contributed by atoms with Gasteiger partial charge in [-0.3, -0.25) is 0 Å². The zero-order valence-electron chi connectivity index (χ0n) is 14.4. The Kier molecular flexibility index (Phi) is 6.89. The van der Waals surface area contributed by atoms with E-state index >= 15 is 0 Å². The van der Waals surface area contributed by atoms with Crippen LogP contribution in [0.1, 0.15) is 11.1 Å². The number of halogens is 1. The molecule has 0 saturated heterocycles. The number of methoxy groups -OCH3 is 1. The lowest BCUT2D eigenvalue weighted by molar-refractivity contribution is 0.252. The molecule has 2 aromatic carbocycles. The summed E-state index contributed by atoms with van der Waals surface area (Å²) in [6, 6.07) is 10.3. The van der Waals surface area contributed by atoms with Gasteiger partial charge in [-0.05, 0) is 36.2 Å². The van der Waals surface area contributed by atoms with Gasteiger partial charge in [-0.25, -0.2) is 10.2 Å². The summed E-state index contributed by atoms with van der Waals surface area (Å²) in [5, 5.41) is 6.94. The molecule has 2 N–H and O–H groups in total. The monoisotopic (exact) mass is 371 g/mol. The minimum atomic E-state index is -0.456. The van der Waals surface area contributed by atoms with Gasteiger partial charge in [0.15, 0.2) is 11.5 Å². The molecule has 0 heterocycles. The number of nitrogens with zero attached hydrogens (tertiary/aromatic N) is 1. The number of urea groups is 1. The van der Waals surface area contributed by atoms with Crippen LogP contribution in [0, 0.1) is 19.3 Å². The van der Waals surface area contributed by atoms with Gasteiger partial charge in [0, 0.05) is 5.69 Å². The van der Waals surface area contributed by atoms with Crippen LogP contribution in [0.5, 0.6) is 11.5 Å². The predicted molar refractivity (Wildman–Crippen MR) is 103 cm³/mol. The van der Waals surface area contributed by atoms with E-state index in [0.717, 1.165) is 5.56 Å². The minimum absolute atomic E-state index is 0.0736. The van der Waals surface area contributed by atoms with Crippen molar-refractivity contribution in [1.29, 1.82) is 0 Å². The Bertz CT molecular complexity index is 860. The molecule has 0 aliphatic carbocycles. The molecule has 0 atom stereocenters. The molecule has 7 heteroatoms. The minimum Gasteiger partial charge on any atom is -0.493 e. The number of amides is 2. The van der Waals surface area contributed by atoms with Crippen LogP contribution in [0.15, 0.2) is 41.5 Å². The number of nitrogens with one attached hydrogen (secondary N) is 2. The van der Waals surface area contributed by atoms with Crippen LogP contribution in [0.25, 0.3) is 0 Å². The molecular weight excluding hydrogens is 354 g/mol. The maximum Gasteiger partial charge on any atom is 0.339 e. The zero-order valence-corrected chi connectivity index (χ0v) is 15.1. The molecule has 134 valence electrons. The van der Waals surface area contributed by atoms with E-state index in [1.54, 1.807) is 18.2 Å². The topological polar surface area (TPSA) is 72.0 Å². The number of carbonyl (C=O) groups is 1. The summed E-state index contributed by atoms with van der Waals surface area (Å²) in [6.45, 7) is 1.97. The average Bonchev–Trinajstić information content (AvgIpc) is 2.62. The fraction of sp³-hybridized carbons (Fsp3) is 0.158. The molecule has 2 rings (SSSR count). The number of hydrogen-bond donors (Lipinski definition) is 2. The summed E-state index contributed by atoms with van der Waals surface area (Å²) >= 11 is 6.18. The number of carbonyl (C=O) groups excluding carboxylic acids is 1. The van der Waals surface area contributed by atoms with Gasteiger partial charge in [0.05, 0.1) is 18.3 Å². The predicted octanol–water partition coefficient (Wildman–Crippen LogP) is 3.82. The molecule has 0 aromatic heterocycles. The summed E-state index contributed by atoms with van der Waals surface area (Å²) in [7, 11) is 1.49. The normalized spacial score (nSPS) is 10.2. The van der Waals surface area contributed by atoms with Crippen LogP contribution in [-0.2, 0) is 0 Å². The Labute approximate surface area is 157 Å². The highest BCUT2D eigenvalue weighted by Crippen LogP contribution is 2.35. The second-order valence-corrected chi connectivity index (χ2v) is 5.57. The van der Waals surface area contributed by atoms with Crippen LogP contribution >= 0.6 is 11.6 Å². The fourth-order valence-electron chi connectivity index (χ4n) is 2.10. The molecule has 0 radical (unpaired) electrons. The van der Waals surface area contributed by atoms with Crippen molar-refractivity contribution < 1.29 is 14.3 Å². The third kappa shape index (κ3) is 5.16. The number of aryl methyl sites for hydroxylation is 1.